The zero-order valence-corrected chi connectivity index (χ0v) is 21.1. The lowest BCUT2D eigenvalue weighted by Crippen LogP contribution is -2.59. The molecule has 4 heterocycles. The molecule has 220 valence electrons. The van der Waals surface area contributed by atoms with Gasteiger partial charge >= 0.3 is 0 Å². The molecule has 2 saturated heterocycles. The van der Waals surface area contributed by atoms with Crippen LogP contribution in [0.3, 0.4) is 0 Å². The second-order valence-corrected chi connectivity index (χ2v) is 11.3. The zero-order chi connectivity index (χ0) is 28.9. The Balaban J connectivity index is 1.39. The Morgan fingerprint density at radius 3 is 2.36 bits per heavy atom. The van der Waals surface area contributed by atoms with Crippen LogP contribution >= 0.6 is 15.6 Å². The molecule has 0 radical (unpaired) electrons. The number of aromatic amines is 1. The monoisotopic (exact) mass is 603 g/mol. The van der Waals surface area contributed by atoms with E-state index in [1.54, 1.807) is 0 Å². The van der Waals surface area contributed by atoms with Crippen molar-refractivity contribution in [3.63, 3.8) is 0 Å². The fraction of sp³-hybridized carbons (Fsp3) is 0.688. The van der Waals surface area contributed by atoms with Crippen LogP contribution in [0.4, 0.5) is 5.95 Å². The minimum atomic E-state index is -5.91. The lowest BCUT2D eigenvalue weighted by molar-refractivity contribution is -0.305. The van der Waals surface area contributed by atoms with Crippen molar-refractivity contribution in [3.8, 4) is 0 Å². The molecule has 11 atom stereocenters. The third-order valence-electron chi connectivity index (χ3n) is 5.74. The molecular formula is C16H23N5O16P2-2. The highest BCUT2D eigenvalue weighted by Gasteiger charge is 2.47. The second kappa shape index (κ2) is 11.2. The number of nitrogens with one attached hydrogen (secondary N) is 1. The van der Waals surface area contributed by atoms with E-state index in [0.717, 1.165) is 10.9 Å². The van der Waals surface area contributed by atoms with Crippen LogP contribution in [0.5, 0.6) is 0 Å². The Kier molecular flexibility index (Phi) is 8.60. The first-order valence-electron chi connectivity index (χ1n) is 10.8. The Morgan fingerprint density at radius 2 is 1.69 bits per heavy atom. The summed E-state index contributed by atoms with van der Waals surface area (Å²) in [4.78, 5) is 46.1. The number of nitrogen functional groups attached to an aromatic ring is 1. The van der Waals surface area contributed by atoms with Gasteiger partial charge in [0.05, 0.1) is 19.5 Å². The van der Waals surface area contributed by atoms with Crippen LogP contribution in [0.15, 0.2) is 11.1 Å². The Labute approximate surface area is 216 Å². The van der Waals surface area contributed by atoms with Crippen molar-refractivity contribution in [2.24, 2.45) is 0 Å². The van der Waals surface area contributed by atoms with Crippen LogP contribution in [0.2, 0.25) is 0 Å². The highest BCUT2D eigenvalue weighted by Crippen LogP contribution is 2.57. The molecule has 2 aliphatic rings. The van der Waals surface area contributed by atoms with Gasteiger partial charge in [-0.1, -0.05) is 0 Å². The first-order chi connectivity index (χ1) is 18.1. The predicted molar refractivity (Wildman–Crippen MR) is 116 cm³/mol. The van der Waals surface area contributed by atoms with Gasteiger partial charge in [-0.05, 0) is 0 Å². The van der Waals surface area contributed by atoms with Gasteiger partial charge in [-0.25, -0.2) is 9.29 Å². The van der Waals surface area contributed by atoms with Crippen LogP contribution < -0.4 is 21.1 Å². The van der Waals surface area contributed by atoms with Crippen LogP contribution in [0, 0.1) is 0 Å². The number of anilines is 1. The summed E-state index contributed by atoms with van der Waals surface area (Å²) in [7, 11) is -11.7. The molecule has 23 heteroatoms. The van der Waals surface area contributed by atoms with Crippen molar-refractivity contribution in [1.29, 1.82) is 0 Å². The van der Waals surface area contributed by atoms with Gasteiger partial charge in [0.25, 0.3) is 21.2 Å². The molecule has 4 rings (SSSR count). The van der Waals surface area contributed by atoms with Crippen molar-refractivity contribution in [1.82, 2.24) is 19.5 Å². The minimum Gasteiger partial charge on any atom is -0.756 e. The number of imidazole rings is 1. The number of ether oxygens (including phenoxy) is 2. The van der Waals surface area contributed by atoms with Gasteiger partial charge in [0.15, 0.2) is 23.7 Å². The number of hydrogen-bond acceptors (Lipinski definition) is 19. The van der Waals surface area contributed by atoms with E-state index in [1.165, 1.54) is 0 Å². The second-order valence-electron chi connectivity index (χ2n) is 8.40. The number of aliphatic hydroxyl groups is 6. The van der Waals surface area contributed by atoms with Crippen LogP contribution in [-0.4, -0.2) is 112 Å². The van der Waals surface area contributed by atoms with E-state index in [4.69, 9.17) is 20.3 Å². The van der Waals surface area contributed by atoms with E-state index >= 15 is 0 Å². The molecule has 7 unspecified atom stereocenters. The fourth-order valence-electron chi connectivity index (χ4n) is 3.84. The Morgan fingerprint density at radius 1 is 1.03 bits per heavy atom. The summed E-state index contributed by atoms with van der Waals surface area (Å²) in [5.74, 6) is -0.292. The maximum atomic E-state index is 12.1. The molecule has 2 fully saturated rings. The average Bonchev–Trinajstić information content (AvgIpc) is 3.38. The summed E-state index contributed by atoms with van der Waals surface area (Å²) in [6, 6.07) is 0. The summed E-state index contributed by atoms with van der Waals surface area (Å²) in [5, 5.41) is 59.1. The molecule has 0 amide bonds. The standard InChI is InChI=1S/C16H25N5O16P2/c17-16-19-12-6(13(28)20-16)18-3-21(12)14-10(26)8(24)5(34-14)2-33-38(29,30)37-39(31,32)36-15-11(27)9(25)7(23)4(1-22)35-15/h3-5,7-11,14-15,22-27H,1-2H2,(H,29,30)(H,31,32)(H3,17,19,20,28)/p-2/t4?,5-,7+,8?,9?,10?,11?,14-,15+/m1/s1. The van der Waals surface area contributed by atoms with Crippen LogP contribution in [0.25, 0.3) is 11.2 Å². The van der Waals surface area contributed by atoms with Crippen molar-refractivity contribution in [2.45, 2.75) is 55.2 Å². The third kappa shape index (κ3) is 6.22. The van der Waals surface area contributed by atoms with Gasteiger partial charge in [0.2, 0.25) is 5.95 Å². The van der Waals surface area contributed by atoms with E-state index in [9.17, 15) is 49.2 Å². The predicted octanol–water partition coefficient (Wildman–Crippen LogP) is -5.89. The smallest absolute Gasteiger partial charge is 0.280 e. The van der Waals surface area contributed by atoms with Gasteiger partial charge in [-0.3, -0.25) is 28.0 Å². The van der Waals surface area contributed by atoms with Gasteiger partial charge < -0.3 is 60.2 Å². The van der Waals surface area contributed by atoms with Crippen LogP contribution in [-0.2, 0) is 32.0 Å². The first kappa shape index (κ1) is 30.1. The quantitative estimate of drug-likeness (QED) is 0.124. The maximum absolute atomic E-state index is 12.1. The lowest BCUT2D eigenvalue weighted by atomic mass is 10.00. The number of nitrogens with two attached hydrogens (primary N) is 1. The molecular weight excluding hydrogens is 580 g/mol. The van der Waals surface area contributed by atoms with Gasteiger partial charge in [-0.15, -0.1) is 0 Å². The van der Waals surface area contributed by atoms with Gasteiger partial charge in [0.1, 0.15) is 42.7 Å². The Hall–Kier alpha value is -1.91. The number of rotatable bonds is 9. The van der Waals surface area contributed by atoms with E-state index < -0.39 is 89.7 Å². The number of fused-ring (bicyclic) bond motifs is 1. The van der Waals surface area contributed by atoms with Crippen molar-refractivity contribution in [3.05, 3.63) is 16.7 Å². The summed E-state index contributed by atoms with van der Waals surface area (Å²) in [6.45, 7) is -2.01. The molecule has 0 aromatic carbocycles. The topological polar surface area (TPSA) is 337 Å². The van der Waals surface area contributed by atoms with Crippen molar-refractivity contribution < 1.29 is 72.4 Å². The van der Waals surface area contributed by atoms with Crippen molar-refractivity contribution >= 4 is 32.8 Å². The molecule has 21 nitrogen and oxygen atoms in total. The molecule has 0 spiro atoms. The molecule has 9 N–H and O–H groups in total. The zero-order valence-electron chi connectivity index (χ0n) is 19.3. The lowest BCUT2D eigenvalue weighted by Gasteiger charge is -2.41. The van der Waals surface area contributed by atoms with E-state index in [1.807, 2.05) is 0 Å². The van der Waals surface area contributed by atoms with E-state index in [0.29, 0.717) is 0 Å². The number of phosphoric acid groups is 2. The average molecular weight is 603 g/mol. The maximum Gasteiger partial charge on any atom is 0.280 e. The number of H-pyrrole nitrogens is 1. The number of nitrogens with zero attached hydrogens (tertiary/aromatic N) is 3. The highest BCUT2D eigenvalue weighted by molar-refractivity contribution is 7.59. The fourth-order valence-corrected chi connectivity index (χ4v) is 5.92. The molecule has 2 aromatic heterocycles. The highest BCUT2D eigenvalue weighted by atomic mass is 31.3. The third-order valence-corrected chi connectivity index (χ3v) is 8.27. The first-order valence-corrected chi connectivity index (χ1v) is 13.8. The molecule has 39 heavy (non-hydrogen) atoms. The van der Waals surface area contributed by atoms with E-state index in [-0.39, 0.29) is 17.1 Å². The Bertz CT molecular complexity index is 1340. The van der Waals surface area contributed by atoms with Gasteiger partial charge in [0, 0.05) is 0 Å². The summed E-state index contributed by atoms with van der Waals surface area (Å²) in [6.07, 6.45) is -15.5. The van der Waals surface area contributed by atoms with Crippen LogP contribution in [0.1, 0.15) is 6.23 Å². The van der Waals surface area contributed by atoms with Gasteiger partial charge in [-0.2, -0.15) is 4.98 Å². The minimum absolute atomic E-state index is 0.135. The number of aromatic nitrogens is 4. The number of hydrogen-bond donors (Lipinski definition) is 8. The van der Waals surface area contributed by atoms with Crippen molar-refractivity contribution in [2.75, 3.05) is 18.9 Å². The SMILES string of the molecule is Nc1nc2c(ncn2[C@@H]2O[C@H](COP(=O)([O-])OP(=O)([O-])O[C@@H]3OC(CO)[C@H](O)C(O)C3O)C(O)C2O)c(=O)[nH]1. The number of aliphatic hydroxyl groups excluding tert-OH is 6. The molecule has 0 saturated carbocycles. The molecule has 2 aromatic rings. The molecule has 0 bridgehead atoms. The van der Waals surface area contributed by atoms with E-state index in [2.05, 4.69) is 28.3 Å². The summed E-state index contributed by atoms with van der Waals surface area (Å²) in [5.41, 5.74) is 4.48. The molecule has 0 aliphatic carbocycles. The largest absolute Gasteiger partial charge is 0.756 e. The summed E-state index contributed by atoms with van der Waals surface area (Å²) >= 11 is 0. The normalized spacial score (nSPS) is 36.6. The molecule has 2 aliphatic heterocycles. The number of phosphoric ester groups is 2. The summed E-state index contributed by atoms with van der Waals surface area (Å²) < 4.78 is 48.1.